The highest BCUT2D eigenvalue weighted by molar-refractivity contribution is 6.70. The summed E-state index contributed by atoms with van der Waals surface area (Å²) < 4.78 is 0. The number of nitrogens with two attached hydrogens (primary N) is 1. The van der Waals surface area contributed by atoms with Gasteiger partial charge in [0, 0.05) is 0 Å². The van der Waals surface area contributed by atoms with Gasteiger partial charge in [0.1, 0.15) is 16.7 Å². The van der Waals surface area contributed by atoms with Crippen molar-refractivity contribution >= 4 is 28.4 Å². The van der Waals surface area contributed by atoms with E-state index in [4.69, 9.17) is 28.9 Å². The van der Waals surface area contributed by atoms with Crippen LogP contribution in [0.15, 0.2) is 15.7 Å². The normalized spacial score (nSPS) is 17.2. The van der Waals surface area contributed by atoms with Crippen molar-refractivity contribution in [1.29, 1.82) is 0 Å². The number of allylic oxidation sites excluding steroid dienone is 2. The van der Waals surface area contributed by atoms with Crippen LogP contribution in [0.3, 0.4) is 0 Å². The zero-order valence-electron chi connectivity index (χ0n) is 4.99. The van der Waals surface area contributed by atoms with E-state index < -0.39 is 0 Å². The fraction of sp³-hybridized carbons (Fsp3) is 0.167. The Hall–Kier alpha value is -0.650. The molecule has 2 nitrogen and oxygen atoms in total. The van der Waals surface area contributed by atoms with Crippen molar-refractivity contribution < 1.29 is 0 Å². The third-order valence-electron chi connectivity index (χ3n) is 0.954. The van der Waals surface area contributed by atoms with E-state index in [0.717, 1.165) is 0 Å². The van der Waals surface area contributed by atoms with Gasteiger partial charge in [-0.1, -0.05) is 35.0 Å². The molecule has 0 aromatic carbocycles. The minimum absolute atomic E-state index is 0.225. The second-order valence-electron chi connectivity index (χ2n) is 1.64. The van der Waals surface area contributed by atoms with Crippen molar-refractivity contribution in [3.05, 3.63) is 10.7 Å². The molecule has 1 aliphatic rings. The van der Waals surface area contributed by atoms with Crippen LogP contribution >= 0.6 is 23.2 Å². The van der Waals surface area contributed by atoms with Crippen LogP contribution in [0.25, 0.3) is 0 Å². The highest BCUT2D eigenvalue weighted by Gasteiger charge is 2.04. The van der Waals surface area contributed by atoms with Crippen LogP contribution in [0.1, 0.15) is 0 Å². The molecule has 1 rings (SSSR count). The highest BCUT2D eigenvalue weighted by atomic mass is 35.5. The lowest BCUT2D eigenvalue weighted by Crippen LogP contribution is -2.06. The molecule has 0 fully saturated rings. The van der Waals surface area contributed by atoms with Crippen LogP contribution in [-0.4, -0.2) is 11.7 Å². The Morgan fingerprint density at radius 2 is 2.20 bits per heavy atom. The Bertz CT molecular complexity index is 267. The SMILES string of the molecule is NC1=C(Cl)C#CCN=C1Cl. The van der Waals surface area contributed by atoms with Crippen LogP contribution in [0.2, 0.25) is 0 Å². The Kier molecular flexibility index (Phi) is 2.21. The third-order valence-corrected chi connectivity index (χ3v) is 1.58. The molecular weight excluding hydrogens is 171 g/mol. The van der Waals surface area contributed by atoms with E-state index >= 15 is 0 Å². The first-order chi connectivity index (χ1) is 4.72. The number of hydrogen-bond acceptors (Lipinski definition) is 2. The van der Waals surface area contributed by atoms with Crippen molar-refractivity contribution in [2.75, 3.05) is 6.54 Å². The monoisotopic (exact) mass is 174 g/mol. The van der Waals surface area contributed by atoms with Gasteiger partial charge in [0.2, 0.25) is 0 Å². The number of nitrogens with zero attached hydrogens (tertiary/aromatic N) is 1. The van der Waals surface area contributed by atoms with Gasteiger partial charge in [-0.25, -0.2) is 0 Å². The lowest BCUT2D eigenvalue weighted by molar-refractivity contribution is 1.29. The molecule has 1 heterocycles. The van der Waals surface area contributed by atoms with Crippen LogP contribution in [0.4, 0.5) is 0 Å². The molecule has 4 heteroatoms. The summed E-state index contributed by atoms with van der Waals surface area (Å²) in [5, 5.41) is 0.494. The summed E-state index contributed by atoms with van der Waals surface area (Å²) in [5.41, 5.74) is 5.66. The van der Waals surface area contributed by atoms with E-state index in [1.807, 2.05) is 0 Å². The van der Waals surface area contributed by atoms with Gasteiger partial charge in [-0.15, -0.1) is 0 Å². The van der Waals surface area contributed by atoms with Crippen LogP contribution in [-0.2, 0) is 0 Å². The summed E-state index contributed by atoms with van der Waals surface area (Å²) in [7, 11) is 0. The largest absolute Gasteiger partial charge is 0.394 e. The van der Waals surface area contributed by atoms with E-state index in [1.54, 1.807) is 0 Å². The fourth-order valence-corrected chi connectivity index (χ4v) is 0.828. The van der Waals surface area contributed by atoms with Gasteiger partial charge in [-0.05, 0) is 0 Å². The Balaban J connectivity index is 3.07. The average molecular weight is 175 g/mol. The van der Waals surface area contributed by atoms with E-state index in [9.17, 15) is 0 Å². The summed E-state index contributed by atoms with van der Waals surface area (Å²) in [4.78, 5) is 3.80. The van der Waals surface area contributed by atoms with E-state index in [-0.39, 0.29) is 15.9 Å². The maximum atomic E-state index is 5.58. The van der Waals surface area contributed by atoms with Gasteiger partial charge in [0.15, 0.2) is 0 Å². The predicted molar refractivity (Wildman–Crippen MR) is 43.0 cm³/mol. The minimum Gasteiger partial charge on any atom is -0.394 e. The predicted octanol–water partition coefficient (Wildman–Crippen LogP) is 1.05. The van der Waals surface area contributed by atoms with Gasteiger partial charge in [-0.2, -0.15) is 0 Å². The zero-order valence-corrected chi connectivity index (χ0v) is 6.50. The maximum absolute atomic E-state index is 5.58. The van der Waals surface area contributed by atoms with Crippen molar-refractivity contribution in [1.82, 2.24) is 0 Å². The molecule has 0 atom stereocenters. The molecule has 1 aliphatic heterocycles. The molecule has 0 saturated carbocycles. The number of hydrogen-bond donors (Lipinski definition) is 1. The van der Waals surface area contributed by atoms with Crippen molar-refractivity contribution in [2.45, 2.75) is 0 Å². The average Bonchev–Trinajstić information content (AvgIpc) is 2.04. The molecule has 10 heavy (non-hydrogen) atoms. The molecule has 0 spiro atoms. The minimum atomic E-state index is 0.225. The Labute approximate surface area is 68.7 Å². The molecule has 0 amide bonds. The van der Waals surface area contributed by atoms with Gasteiger partial charge in [0.05, 0.1) is 5.70 Å². The molecule has 52 valence electrons. The second kappa shape index (κ2) is 2.96. The first-order valence-corrected chi connectivity index (χ1v) is 3.32. The smallest absolute Gasteiger partial charge is 0.149 e. The lowest BCUT2D eigenvalue weighted by atomic mass is 10.4. The molecule has 2 N–H and O–H groups in total. The summed E-state index contributed by atoms with van der Waals surface area (Å²) in [6.07, 6.45) is 0. The lowest BCUT2D eigenvalue weighted by Gasteiger charge is -1.94. The van der Waals surface area contributed by atoms with E-state index in [2.05, 4.69) is 16.8 Å². The first-order valence-electron chi connectivity index (χ1n) is 2.56. The molecule has 0 aliphatic carbocycles. The molecule has 0 aromatic heterocycles. The van der Waals surface area contributed by atoms with Crippen LogP contribution in [0, 0.1) is 11.8 Å². The van der Waals surface area contributed by atoms with Gasteiger partial charge in [0.25, 0.3) is 0 Å². The van der Waals surface area contributed by atoms with Crippen LogP contribution in [0.5, 0.6) is 0 Å². The molecule has 0 unspecified atom stereocenters. The standard InChI is InChI=1S/C6H4Cl2N2/c7-4-2-1-3-10-6(8)5(4)9/h3,9H2. The number of aliphatic imine (C=N–C) groups is 1. The van der Waals surface area contributed by atoms with Crippen molar-refractivity contribution in [2.24, 2.45) is 10.7 Å². The Morgan fingerprint density at radius 3 is 2.90 bits per heavy atom. The molecular formula is C6H4Cl2N2. The van der Waals surface area contributed by atoms with Crippen molar-refractivity contribution in [3.8, 4) is 11.8 Å². The van der Waals surface area contributed by atoms with Crippen molar-refractivity contribution in [3.63, 3.8) is 0 Å². The van der Waals surface area contributed by atoms with Gasteiger partial charge in [-0.3, -0.25) is 4.99 Å². The highest BCUT2D eigenvalue weighted by Crippen LogP contribution is 2.09. The summed E-state index contributed by atoms with van der Waals surface area (Å²) >= 11 is 11.2. The van der Waals surface area contributed by atoms with Crippen LogP contribution < -0.4 is 5.73 Å². The molecule has 0 radical (unpaired) electrons. The maximum Gasteiger partial charge on any atom is 0.149 e. The van der Waals surface area contributed by atoms with E-state index in [1.165, 1.54) is 0 Å². The fourth-order valence-electron chi connectivity index (χ4n) is 0.469. The number of rotatable bonds is 0. The van der Waals surface area contributed by atoms with Gasteiger partial charge < -0.3 is 5.73 Å². The summed E-state index contributed by atoms with van der Waals surface area (Å²) in [6.45, 7) is 0.357. The van der Waals surface area contributed by atoms with E-state index in [0.29, 0.717) is 6.54 Å². The Morgan fingerprint density at radius 1 is 1.50 bits per heavy atom. The summed E-state index contributed by atoms with van der Waals surface area (Å²) in [6, 6.07) is 0. The summed E-state index contributed by atoms with van der Waals surface area (Å²) in [5.74, 6) is 5.26. The van der Waals surface area contributed by atoms with Gasteiger partial charge >= 0.3 is 0 Å². The quantitative estimate of drug-likeness (QED) is 0.549. The zero-order chi connectivity index (χ0) is 7.56. The second-order valence-corrected chi connectivity index (χ2v) is 2.37. The molecule has 0 saturated heterocycles. The topological polar surface area (TPSA) is 38.4 Å². The molecule has 0 bridgehead atoms. The number of halogens is 2. The first kappa shape index (κ1) is 7.46. The third kappa shape index (κ3) is 1.44. The molecule has 0 aromatic rings.